The minimum absolute atomic E-state index is 0.115. The second-order valence-corrected chi connectivity index (χ2v) is 5.99. The summed E-state index contributed by atoms with van der Waals surface area (Å²) in [6, 6.07) is 5.44. The third-order valence-corrected chi connectivity index (χ3v) is 4.41. The van der Waals surface area contributed by atoms with Gasteiger partial charge in [0.1, 0.15) is 0 Å². The Morgan fingerprint density at radius 2 is 2.20 bits per heavy atom. The Balaban J connectivity index is 1.93. The van der Waals surface area contributed by atoms with Crippen molar-refractivity contribution in [3.05, 3.63) is 28.2 Å². The van der Waals surface area contributed by atoms with Crippen LogP contribution in [0.4, 0.5) is 5.69 Å². The Labute approximate surface area is 129 Å². The van der Waals surface area contributed by atoms with Crippen molar-refractivity contribution in [1.82, 2.24) is 4.90 Å². The molecule has 1 saturated carbocycles. The fraction of sp³-hybridized carbons (Fsp3) is 0.500. The Kier molecular flexibility index (Phi) is 5.27. The number of carbonyl (C=O) groups excluding carboxylic acids is 1. The molecule has 0 aliphatic heterocycles. The Hall–Kier alpha value is -0.810. The number of amides is 1. The number of nitrogens with one attached hydrogen (secondary N) is 1. The summed E-state index contributed by atoms with van der Waals surface area (Å²) in [4.78, 5) is 14.1. The first kappa shape index (κ1) is 15.6. The first-order valence-electron chi connectivity index (χ1n) is 6.67. The van der Waals surface area contributed by atoms with Gasteiger partial charge in [-0.3, -0.25) is 9.69 Å². The van der Waals surface area contributed by atoms with Crippen LogP contribution in [0.5, 0.6) is 0 Å². The molecule has 3 N–H and O–H groups in total. The van der Waals surface area contributed by atoms with Crippen molar-refractivity contribution in [2.24, 2.45) is 11.7 Å². The van der Waals surface area contributed by atoms with Gasteiger partial charge in [0.25, 0.3) is 0 Å². The highest BCUT2D eigenvalue weighted by molar-refractivity contribution is 6.43. The summed E-state index contributed by atoms with van der Waals surface area (Å²) < 4.78 is 0. The van der Waals surface area contributed by atoms with Gasteiger partial charge >= 0.3 is 0 Å². The largest absolute Gasteiger partial charge is 0.329 e. The van der Waals surface area contributed by atoms with Crippen LogP contribution in [0.15, 0.2) is 18.2 Å². The molecule has 0 saturated heterocycles. The molecule has 1 aliphatic rings. The molecule has 0 bridgehead atoms. The van der Waals surface area contributed by atoms with E-state index in [1.807, 2.05) is 11.9 Å². The SMILES string of the molecule is CN(CC(=O)Nc1cccc(Cl)c1Cl)C(CN)C1CC1. The zero-order chi connectivity index (χ0) is 14.7. The molecule has 110 valence electrons. The summed E-state index contributed by atoms with van der Waals surface area (Å²) in [5, 5.41) is 3.57. The van der Waals surface area contributed by atoms with Crippen LogP contribution in [0.2, 0.25) is 10.0 Å². The van der Waals surface area contributed by atoms with E-state index in [1.54, 1.807) is 18.2 Å². The number of benzene rings is 1. The molecule has 1 amide bonds. The Morgan fingerprint density at radius 1 is 1.50 bits per heavy atom. The molecule has 1 aromatic rings. The molecule has 2 rings (SSSR count). The minimum atomic E-state index is -0.115. The summed E-state index contributed by atoms with van der Waals surface area (Å²) in [6.45, 7) is 0.869. The van der Waals surface area contributed by atoms with E-state index < -0.39 is 0 Å². The topological polar surface area (TPSA) is 58.4 Å². The predicted molar refractivity (Wildman–Crippen MR) is 83.3 cm³/mol. The molecular formula is C14H19Cl2N3O. The molecule has 1 fully saturated rings. The van der Waals surface area contributed by atoms with Gasteiger partial charge < -0.3 is 11.1 Å². The van der Waals surface area contributed by atoms with Gasteiger partial charge in [0, 0.05) is 12.6 Å². The lowest BCUT2D eigenvalue weighted by atomic mass is 10.1. The van der Waals surface area contributed by atoms with E-state index in [-0.39, 0.29) is 11.9 Å². The van der Waals surface area contributed by atoms with Gasteiger partial charge in [-0.15, -0.1) is 0 Å². The summed E-state index contributed by atoms with van der Waals surface area (Å²) in [5.74, 6) is 0.517. The fourth-order valence-corrected chi connectivity index (χ4v) is 2.69. The monoisotopic (exact) mass is 315 g/mol. The molecule has 20 heavy (non-hydrogen) atoms. The summed E-state index contributed by atoms with van der Waals surface area (Å²) >= 11 is 12.0. The number of nitrogens with zero attached hydrogens (tertiary/aromatic N) is 1. The van der Waals surface area contributed by atoms with Crippen molar-refractivity contribution in [2.45, 2.75) is 18.9 Å². The van der Waals surface area contributed by atoms with Crippen LogP contribution in [-0.2, 0) is 4.79 Å². The molecular weight excluding hydrogens is 297 g/mol. The smallest absolute Gasteiger partial charge is 0.238 e. The number of likely N-dealkylation sites (N-methyl/N-ethyl adjacent to an activating group) is 1. The lowest BCUT2D eigenvalue weighted by Gasteiger charge is -2.26. The number of anilines is 1. The first-order valence-corrected chi connectivity index (χ1v) is 7.42. The molecule has 0 radical (unpaired) electrons. The van der Waals surface area contributed by atoms with E-state index in [2.05, 4.69) is 5.32 Å². The standard InChI is InChI=1S/C14H19Cl2N3O/c1-19(12(7-17)9-5-6-9)8-13(20)18-11-4-2-3-10(15)14(11)16/h2-4,9,12H,5-8,17H2,1H3,(H,18,20). The van der Waals surface area contributed by atoms with Crippen molar-refractivity contribution < 1.29 is 4.79 Å². The van der Waals surface area contributed by atoms with E-state index in [0.29, 0.717) is 34.7 Å². The average molecular weight is 316 g/mol. The van der Waals surface area contributed by atoms with Crippen molar-refractivity contribution in [3.8, 4) is 0 Å². The normalized spacial score (nSPS) is 16.2. The second-order valence-electron chi connectivity index (χ2n) is 5.21. The lowest BCUT2D eigenvalue weighted by molar-refractivity contribution is -0.117. The molecule has 0 spiro atoms. The highest BCUT2D eigenvalue weighted by Gasteiger charge is 2.33. The van der Waals surface area contributed by atoms with Gasteiger partial charge in [0.2, 0.25) is 5.91 Å². The maximum absolute atomic E-state index is 12.1. The van der Waals surface area contributed by atoms with Crippen LogP contribution in [0, 0.1) is 5.92 Å². The maximum atomic E-state index is 12.1. The average Bonchev–Trinajstić information content (AvgIpc) is 3.20. The van der Waals surface area contributed by atoms with Gasteiger partial charge in [-0.1, -0.05) is 29.3 Å². The van der Waals surface area contributed by atoms with Crippen LogP contribution in [0.25, 0.3) is 0 Å². The van der Waals surface area contributed by atoms with Gasteiger partial charge in [-0.25, -0.2) is 0 Å². The third kappa shape index (κ3) is 3.85. The molecule has 4 nitrogen and oxygen atoms in total. The van der Waals surface area contributed by atoms with Gasteiger partial charge in [-0.05, 0) is 37.9 Å². The Bertz CT molecular complexity index is 491. The van der Waals surface area contributed by atoms with E-state index in [9.17, 15) is 4.79 Å². The van der Waals surface area contributed by atoms with E-state index in [4.69, 9.17) is 28.9 Å². The Morgan fingerprint density at radius 3 is 2.80 bits per heavy atom. The van der Waals surface area contributed by atoms with Crippen LogP contribution >= 0.6 is 23.2 Å². The summed E-state index contributed by atoms with van der Waals surface area (Å²) in [5.41, 5.74) is 6.31. The van der Waals surface area contributed by atoms with Crippen molar-refractivity contribution >= 4 is 34.8 Å². The lowest BCUT2D eigenvalue weighted by Crippen LogP contribution is -2.43. The van der Waals surface area contributed by atoms with Crippen LogP contribution < -0.4 is 11.1 Å². The highest BCUT2D eigenvalue weighted by Crippen LogP contribution is 2.34. The van der Waals surface area contributed by atoms with Gasteiger partial charge in [-0.2, -0.15) is 0 Å². The summed E-state index contributed by atoms with van der Waals surface area (Å²) in [7, 11) is 1.93. The number of nitrogens with two attached hydrogens (primary N) is 1. The zero-order valence-electron chi connectivity index (χ0n) is 11.4. The second kappa shape index (κ2) is 6.76. The molecule has 1 atom stereocenters. The highest BCUT2D eigenvalue weighted by atomic mass is 35.5. The number of carbonyl (C=O) groups is 1. The van der Waals surface area contributed by atoms with Gasteiger partial charge in [0.05, 0.1) is 22.3 Å². The first-order chi connectivity index (χ1) is 9.52. The van der Waals surface area contributed by atoms with Crippen molar-refractivity contribution in [3.63, 3.8) is 0 Å². The molecule has 1 unspecified atom stereocenters. The van der Waals surface area contributed by atoms with Crippen LogP contribution in [-0.4, -0.2) is 37.0 Å². The van der Waals surface area contributed by atoms with Crippen molar-refractivity contribution in [1.29, 1.82) is 0 Å². The molecule has 0 aromatic heterocycles. The van der Waals surface area contributed by atoms with Gasteiger partial charge in [0.15, 0.2) is 0 Å². The fourth-order valence-electron chi connectivity index (χ4n) is 2.35. The molecule has 1 aromatic carbocycles. The van der Waals surface area contributed by atoms with Crippen LogP contribution in [0.3, 0.4) is 0 Å². The predicted octanol–water partition coefficient (Wildman–Crippen LogP) is 2.60. The molecule has 1 aliphatic carbocycles. The van der Waals surface area contributed by atoms with E-state index >= 15 is 0 Å². The minimum Gasteiger partial charge on any atom is -0.329 e. The van der Waals surface area contributed by atoms with Crippen LogP contribution in [0.1, 0.15) is 12.8 Å². The summed E-state index contributed by atoms with van der Waals surface area (Å²) in [6.07, 6.45) is 2.40. The number of rotatable bonds is 6. The van der Waals surface area contributed by atoms with E-state index in [1.165, 1.54) is 12.8 Å². The number of hydrogen-bond donors (Lipinski definition) is 2. The number of halogens is 2. The third-order valence-electron chi connectivity index (χ3n) is 3.59. The molecule has 0 heterocycles. The quantitative estimate of drug-likeness (QED) is 0.848. The molecule has 6 heteroatoms. The number of hydrogen-bond acceptors (Lipinski definition) is 3. The van der Waals surface area contributed by atoms with E-state index in [0.717, 1.165) is 0 Å². The van der Waals surface area contributed by atoms with Crippen molar-refractivity contribution in [2.75, 3.05) is 25.5 Å². The zero-order valence-corrected chi connectivity index (χ0v) is 12.9. The maximum Gasteiger partial charge on any atom is 0.238 e.